The molecule has 0 spiro atoms. The molecule has 1 aromatic carbocycles. The Labute approximate surface area is 138 Å². The second kappa shape index (κ2) is 6.95. The normalized spacial score (nSPS) is 17.2. The molecule has 24 heavy (non-hydrogen) atoms. The van der Waals surface area contributed by atoms with Crippen LogP contribution in [0.15, 0.2) is 53.2 Å². The fourth-order valence-electron chi connectivity index (χ4n) is 2.51. The summed E-state index contributed by atoms with van der Waals surface area (Å²) in [6.07, 6.45) is 5.24. The lowest BCUT2D eigenvalue weighted by atomic mass is 9.98. The molecule has 6 heteroatoms. The molecule has 2 N–H and O–H groups in total. The van der Waals surface area contributed by atoms with Crippen molar-refractivity contribution in [1.82, 2.24) is 5.32 Å². The van der Waals surface area contributed by atoms with Gasteiger partial charge in [0.15, 0.2) is 0 Å². The number of hydrogen-bond acceptors (Lipinski definition) is 4. The molecule has 0 saturated carbocycles. The van der Waals surface area contributed by atoms with Crippen molar-refractivity contribution in [3.63, 3.8) is 0 Å². The first-order valence-corrected chi connectivity index (χ1v) is 7.55. The van der Waals surface area contributed by atoms with Gasteiger partial charge in [-0.15, -0.1) is 0 Å². The van der Waals surface area contributed by atoms with Crippen LogP contribution in [0.5, 0.6) is 0 Å². The topological polar surface area (TPSA) is 88.4 Å². The maximum atomic E-state index is 11.8. The van der Waals surface area contributed by atoms with Crippen molar-refractivity contribution in [3.8, 4) is 0 Å². The number of hydrogen-bond donors (Lipinski definition) is 2. The highest BCUT2D eigenvalue weighted by molar-refractivity contribution is 6.03. The van der Waals surface area contributed by atoms with Crippen LogP contribution in [0.4, 0.5) is 5.69 Å². The fourth-order valence-corrected chi connectivity index (χ4v) is 2.51. The first-order chi connectivity index (χ1) is 11.6. The molecule has 0 aliphatic carbocycles. The minimum absolute atomic E-state index is 0.222. The molecule has 0 unspecified atom stereocenters. The van der Waals surface area contributed by atoms with Gasteiger partial charge in [0.05, 0.1) is 12.2 Å². The Morgan fingerprint density at radius 1 is 1.25 bits per heavy atom. The van der Waals surface area contributed by atoms with Crippen molar-refractivity contribution in [2.24, 2.45) is 5.92 Å². The maximum Gasteiger partial charge on any atom is 0.248 e. The molecule has 3 rings (SSSR count). The molecule has 0 radical (unpaired) electrons. The van der Waals surface area contributed by atoms with Crippen molar-refractivity contribution < 1.29 is 18.8 Å². The maximum absolute atomic E-state index is 11.8. The molecule has 2 heterocycles. The van der Waals surface area contributed by atoms with Gasteiger partial charge in [-0.25, -0.2) is 0 Å². The van der Waals surface area contributed by atoms with Crippen molar-refractivity contribution in [2.75, 3.05) is 5.32 Å². The van der Waals surface area contributed by atoms with E-state index >= 15 is 0 Å². The zero-order chi connectivity index (χ0) is 16.9. The molecule has 3 amide bonds. The molecule has 1 aromatic heterocycles. The van der Waals surface area contributed by atoms with Crippen LogP contribution in [0.1, 0.15) is 17.7 Å². The number of benzene rings is 1. The summed E-state index contributed by atoms with van der Waals surface area (Å²) in [7, 11) is 0. The van der Waals surface area contributed by atoms with E-state index in [2.05, 4.69) is 10.6 Å². The molecule has 6 nitrogen and oxygen atoms in total. The lowest BCUT2D eigenvalue weighted by Gasteiger charge is -2.07. The number of anilines is 1. The van der Waals surface area contributed by atoms with Gasteiger partial charge in [0.25, 0.3) is 0 Å². The van der Waals surface area contributed by atoms with Crippen molar-refractivity contribution >= 4 is 29.5 Å². The van der Waals surface area contributed by atoms with E-state index in [1.807, 2.05) is 12.1 Å². The average Bonchev–Trinajstić information content (AvgIpc) is 3.17. The van der Waals surface area contributed by atoms with Crippen molar-refractivity contribution in [3.05, 3.63) is 60.1 Å². The number of amides is 3. The number of carbonyl (C=O) groups excluding carboxylic acids is 3. The Morgan fingerprint density at radius 2 is 2.04 bits per heavy atom. The summed E-state index contributed by atoms with van der Waals surface area (Å²) >= 11 is 0. The highest BCUT2D eigenvalue weighted by atomic mass is 16.3. The standard InChI is InChI=1S/C18H16N2O4/c21-16(8-7-15-2-1-9-24-15)19-14-5-3-12(4-6-14)10-13-11-17(22)20-18(13)23/h1-9,13H,10-11H2,(H,19,21)(H,20,22,23)/b8-7+/t13-/m0/s1. The van der Waals surface area contributed by atoms with Gasteiger partial charge in [0, 0.05) is 18.2 Å². The van der Waals surface area contributed by atoms with E-state index in [0.717, 1.165) is 5.56 Å². The van der Waals surface area contributed by atoms with E-state index in [9.17, 15) is 14.4 Å². The lowest BCUT2D eigenvalue weighted by molar-refractivity contribution is -0.125. The van der Waals surface area contributed by atoms with Crippen molar-refractivity contribution in [1.29, 1.82) is 0 Å². The molecule has 122 valence electrons. The van der Waals surface area contributed by atoms with Crippen LogP contribution in [0.25, 0.3) is 6.08 Å². The van der Waals surface area contributed by atoms with E-state index < -0.39 is 0 Å². The summed E-state index contributed by atoms with van der Waals surface area (Å²) in [5, 5.41) is 5.04. The van der Waals surface area contributed by atoms with E-state index in [1.54, 1.807) is 30.3 Å². The monoisotopic (exact) mass is 324 g/mol. The van der Waals surface area contributed by atoms with Gasteiger partial charge in [0.1, 0.15) is 5.76 Å². The molecule has 2 aromatic rings. The van der Waals surface area contributed by atoms with Gasteiger partial charge in [0.2, 0.25) is 17.7 Å². The summed E-state index contributed by atoms with van der Waals surface area (Å²) < 4.78 is 5.11. The minimum Gasteiger partial charge on any atom is -0.465 e. The van der Waals surface area contributed by atoms with Crippen LogP contribution in [-0.4, -0.2) is 17.7 Å². The number of nitrogens with one attached hydrogen (secondary N) is 2. The van der Waals surface area contributed by atoms with Gasteiger partial charge in [-0.3, -0.25) is 19.7 Å². The number of carbonyl (C=O) groups is 3. The van der Waals surface area contributed by atoms with Gasteiger partial charge in [-0.2, -0.15) is 0 Å². The summed E-state index contributed by atoms with van der Waals surface area (Å²) in [6.45, 7) is 0. The van der Waals surface area contributed by atoms with Gasteiger partial charge >= 0.3 is 0 Å². The summed E-state index contributed by atoms with van der Waals surface area (Å²) in [5.41, 5.74) is 1.59. The smallest absolute Gasteiger partial charge is 0.248 e. The lowest BCUT2D eigenvalue weighted by Crippen LogP contribution is -2.22. The van der Waals surface area contributed by atoms with Crippen molar-refractivity contribution in [2.45, 2.75) is 12.8 Å². The van der Waals surface area contributed by atoms with E-state index in [4.69, 9.17) is 4.42 Å². The molecule has 1 saturated heterocycles. The molecule has 1 aliphatic rings. The Kier molecular flexibility index (Phi) is 4.56. The molecule has 1 aliphatic heterocycles. The highest BCUT2D eigenvalue weighted by Crippen LogP contribution is 2.19. The van der Waals surface area contributed by atoms with Gasteiger partial charge < -0.3 is 9.73 Å². The van der Waals surface area contributed by atoms with E-state index in [-0.39, 0.29) is 30.1 Å². The minimum atomic E-state index is -0.311. The largest absolute Gasteiger partial charge is 0.465 e. The Morgan fingerprint density at radius 3 is 2.67 bits per heavy atom. The summed E-state index contributed by atoms with van der Waals surface area (Å²) in [5.74, 6) is -0.420. The second-order valence-electron chi connectivity index (χ2n) is 5.55. The fraction of sp³-hybridized carbons (Fsp3) is 0.167. The number of rotatable bonds is 5. The van der Waals surface area contributed by atoms with E-state index in [1.165, 1.54) is 12.3 Å². The predicted octanol–water partition coefficient (Wildman–Crippen LogP) is 2.14. The number of furan rings is 1. The summed E-state index contributed by atoms with van der Waals surface area (Å²) in [6, 6.07) is 10.7. The van der Waals surface area contributed by atoms with Crippen LogP contribution >= 0.6 is 0 Å². The van der Waals surface area contributed by atoms with Crippen LogP contribution < -0.4 is 10.6 Å². The zero-order valence-corrected chi connectivity index (χ0v) is 12.8. The molecule has 1 fully saturated rings. The molecule has 0 bridgehead atoms. The SMILES string of the molecule is O=C(/C=C/c1ccco1)Nc1ccc(C[C@H]2CC(=O)NC2=O)cc1. The number of imide groups is 1. The Bertz CT molecular complexity index is 776. The molecular formula is C18H16N2O4. The highest BCUT2D eigenvalue weighted by Gasteiger charge is 2.30. The first-order valence-electron chi connectivity index (χ1n) is 7.55. The van der Waals surface area contributed by atoms with Crippen LogP contribution in [-0.2, 0) is 20.8 Å². The second-order valence-corrected chi connectivity index (χ2v) is 5.55. The molecule has 1 atom stereocenters. The summed E-state index contributed by atoms with van der Waals surface area (Å²) in [4.78, 5) is 34.6. The third-order valence-electron chi connectivity index (χ3n) is 3.71. The zero-order valence-electron chi connectivity index (χ0n) is 12.8. The van der Waals surface area contributed by atoms with E-state index in [0.29, 0.717) is 17.9 Å². The van der Waals surface area contributed by atoms with Gasteiger partial charge in [-0.05, 0) is 42.3 Å². The third-order valence-corrected chi connectivity index (χ3v) is 3.71. The third kappa shape index (κ3) is 3.98. The quantitative estimate of drug-likeness (QED) is 0.651. The Balaban J connectivity index is 1.55. The molecular weight excluding hydrogens is 308 g/mol. The van der Waals surface area contributed by atoms with Crippen LogP contribution in [0.2, 0.25) is 0 Å². The predicted molar refractivity (Wildman–Crippen MR) is 87.8 cm³/mol. The first kappa shape index (κ1) is 15.7. The van der Waals surface area contributed by atoms with Crippen LogP contribution in [0.3, 0.4) is 0 Å². The Hall–Kier alpha value is -3.15. The van der Waals surface area contributed by atoms with Gasteiger partial charge in [-0.1, -0.05) is 12.1 Å². The van der Waals surface area contributed by atoms with Crippen LogP contribution in [0, 0.1) is 5.92 Å². The average molecular weight is 324 g/mol.